The SMILES string of the molecule is Cc1ccc(-c2nnc(SCC(=O)N[C@H](C)c3ccccc3)n2-c2ccccc2C(C)C)cc1. The number of thioether (sulfide) groups is 1. The molecule has 1 N–H and O–H groups in total. The second-order valence-corrected chi connectivity index (χ2v) is 9.65. The molecule has 0 saturated carbocycles. The van der Waals surface area contributed by atoms with E-state index in [0.717, 1.165) is 22.6 Å². The number of nitrogens with zero attached hydrogens (tertiary/aromatic N) is 3. The first-order chi connectivity index (χ1) is 16.4. The normalized spacial score (nSPS) is 12.0. The summed E-state index contributed by atoms with van der Waals surface area (Å²) in [6.45, 7) is 8.42. The van der Waals surface area contributed by atoms with Gasteiger partial charge in [0.1, 0.15) is 0 Å². The molecule has 0 bridgehead atoms. The Balaban J connectivity index is 1.63. The molecular weight excluding hydrogens is 440 g/mol. The van der Waals surface area contributed by atoms with Crippen LogP contribution in [-0.2, 0) is 4.79 Å². The summed E-state index contributed by atoms with van der Waals surface area (Å²) in [6, 6.07) is 26.5. The van der Waals surface area contributed by atoms with Gasteiger partial charge < -0.3 is 5.32 Å². The summed E-state index contributed by atoms with van der Waals surface area (Å²) in [4.78, 5) is 12.7. The third-order valence-corrected chi connectivity index (χ3v) is 6.68. The third kappa shape index (κ3) is 5.39. The van der Waals surface area contributed by atoms with Crippen LogP contribution in [0.5, 0.6) is 0 Å². The molecule has 5 nitrogen and oxygen atoms in total. The van der Waals surface area contributed by atoms with Gasteiger partial charge in [-0.25, -0.2) is 0 Å². The third-order valence-electron chi connectivity index (χ3n) is 5.75. The number of amides is 1. The largest absolute Gasteiger partial charge is 0.349 e. The van der Waals surface area contributed by atoms with Crippen LogP contribution in [0.25, 0.3) is 17.1 Å². The number of hydrogen-bond donors (Lipinski definition) is 1. The van der Waals surface area contributed by atoms with E-state index in [4.69, 9.17) is 0 Å². The number of carbonyl (C=O) groups is 1. The van der Waals surface area contributed by atoms with E-state index in [0.29, 0.717) is 11.1 Å². The number of nitrogens with one attached hydrogen (secondary N) is 1. The molecule has 1 aromatic heterocycles. The van der Waals surface area contributed by atoms with Crippen molar-refractivity contribution in [2.75, 3.05) is 5.75 Å². The van der Waals surface area contributed by atoms with E-state index >= 15 is 0 Å². The fraction of sp³-hybridized carbons (Fsp3) is 0.250. The van der Waals surface area contributed by atoms with Gasteiger partial charge in [-0.3, -0.25) is 9.36 Å². The van der Waals surface area contributed by atoms with Gasteiger partial charge in [-0.05, 0) is 37.0 Å². The van der Waals surface area contributed by atoms with Gasteiger partial charge in [0, 0.05) is 5.56 Å². The molecule has 1 amide bonds. The number of rotatable bonds is 8. The molecule has 0 fully saturated rings. The maximum Gasteiger partial charge on any atom is 0.230 e. The molecule has 0 saturated heterocycles. The molecular formula is C28H30N4OS. The zero-order valence-corrected chi connectivity index (χ0v) is 20.8. The van der Waals surface area contributed by atoms with E-state index in [9.17, 15) is 4.79 Å². The van der Waals surface area contributed by atoms with Crippen molar-refractivity contribution in [1.82, 2.24) is 20.1 Å². The number of hydrogen-bond acceptors (Lipinski definition) is 4. The van der Waals surface area contributed by atoms with Crippen LogP contribution >= 0.6 is 11.8 Å². The molecule has 34 heavy (non-hydrogen) atoms. The Labute approximate surface area is 205 Å². The molecule has 0 unspecified atom stereocenters. The number of para-hydroxylation sites is 1. The van der Waals surface area contributed by atoms with Crippen LogP contribution in [0.3, 0.4) is 0 Å². The van der Waals surface area contributed by atoms with Crippen molar-refractivity contribution in [1.29, 1.82) is 0 Å². The number of aromatic nitrogens is 3. The topological polar surface area (TPSA) is 59.8 Å². The standard InChI is InChI=1S/C28H30N4OS/c1-19(2)24-12-8-9-13-25(24)32-27(23-16-14-20(3)15-17-23)30-31-28(32)34-18-26(33)29-21(4)22-10-6-5-7-11-22/h5-17,19,21H,18H2,1-4H3,(H,29,33)/t21-/m1/s1. The van der Waals surface area contributed by atoms with Crippen LogP contribution in [0, 0.1) is 6.92 Å². The highest BCUT2D eigenvalue weighted by atomic mass is 32.2. The van der Waals surface area contributed by atoms with Crippen molar-refractivity contribution in [2.45, 2.75) is 44.8 Å². The first-order valence-electron chi connectivity index (χ1n) is 11.5. The van der Waals surface area contributed by atoms with Crippen molar-refractivity contribution in [2.24, 2.45) is 0 Å². The summed E-state index contributed by atoms with van der Waals surface area (Å²) in [5.41, 5.74) is 5.51. The zero-order chi connectivity index (χ0) is 24.1. The Morgan fingerprint density at radius 3 is 2.29 bits per heavy atom. The Kier molecular flexibility index (Phi) is 7.48. The number of aryl methyl sites for hydroxylation is 1. The smallest absolute Gasteiger partial charge is 0.230 e. The molecule has 174 valence electrons. The average molecular weight is 471 g/mol. The van der Waals surface area contributed by atoms with E-state index < -0.39 is 0 Å². The minimum atomic E-state index is -0.0584. The highest BCUT2D eigenvalue weighted by molar-refractivity contribution is 7.99. The Morgan fingerprint density at radius 1 is 0.912 bits per heavy atom. The van der Waals surface area contributed by atoms with Gasteiger partial charge in [0.25, 0.3) is 0 Å². The van der Waals surface area contributed by atoms with Gasteiger partial charge in [-0.2, -0.15) is 0 Å². The monoisotopic (exact) mass is 470 g/mol. The van der Waals surface area contributed by atoms with Gasteiger partial charge >= 0.3 is 0 Å². The first kappa shape index (κ1) is 23.8. The summed E-state index contributed by atoms with van der Waals surface area (Å²) < 4.78 is 2.08. The minimum absolute atomic E-state index is 0.0371. The molecule has 0 radical (unpaired) electrons. The number of carbonyl (C=O) groups excluding carboxylic acids is 1. The molecule has 4 rings (SSSR count). The Hall–Kier alpha value is -3.38. The van der Waals surface area contributed by atoms with E-state index in [1.54, 1.807) is 0 Å². The predicted molar refractivity (Wildman–Crippen MR) is 139 cm³/mol. The maximum atomic E-state index is 12.7. The second kappa shape index (κ2) is 10.7. The number of benzene rings is 3. The average Bonchev–Trinajstić information content (AvgIpc) is 3.27. The van der Waals surface area contributed by atoms with E-state index in [1.165, 1.54) is 22.9 Å². The summed E-state index contributed by atoms with van der Waals surface area (Å²) in [7, 11) is 0. The lowest BCUT2D eigenvalue weighted by Crippen LogP contribution is -2.28. The summed E-state index contributed by atoms with van der Waals surface area (Å²) in [6.07, 6.45) is 0. The zero-order valence-electron chi connectivity index (χ0n) is 20.0. The lowest BCUT2D eigenvalue weighted by atomic mass is 10.0. The highest BCUT2D eigenvalue weighted by Crippen LogP contribution is 2.32. The van der Waals surface area contributed by atoms with Crippen LogP contribution in [0.15, 0.2) is 84.0 Å². The van der Waals surface area contributed by atoms with Crippen molar-refractivity contribution < 1.29 is 4.79 Å². The van der Waals surface area contributed by atoms with Crippen molar-refractivity contribution in [3.05, 3.63) is 95.6 Å². The van der Waals surface area contributed by atoms with Gasteiger partial charge in [0.15, 0.2) is 11.0 Å². The molecule has 6 heteroatoms. The van der Waals surface area contributed by atoms with Crippen LogP contribution < -0.4 is 5.32 Å². The highest BCUT2D eigenvalue weighted by Gasteiger charge is 2.20. The molecule has 0 aliphatic heterocycles. The minimum Gasteiger partial charge on any atom is -0.349 e. The fourth-order valence-electron chi connectivity index (χ4n) is 3.89. The second-order valence-electron chi connectivity index (χ2n) is 8.71. The van der Waals surface area contributed by atoms with Gasteiger partial charge in [-0.1, -0.05) is 104 Å². The summed E-state index contributed by atoms with van der Waals surface area (Å²) in [5, 5.41) is 12.8. The van der Waals surface area contributed by atoms with Gasteiger partial charge in [0.2, 0.25) is 5.91 Å². The molecule has 0 aliphatic rings. The van der Waals surface area contributed by atoms with Crippen LogP contribution in [0.1, 0.15) is 49.4 Å². The van der Waals surface area contributed by atoms with Crippen molar-refractivity contribution >= 4 is 17.7 Å². The Bertz CT molecular complexity index is 1250. The van der Waals surface area contributed by atoms with Crippen LogP contribution in [-0.4, -0.2) is 26.4 Å². The predicted octanol–water partition coefficient (Wildman–Crippen LogP) is 6.34. The molecule has 3 aromatic carbocycles. The molecule has 1 heterocycles. The van der Waals surface area contributed by atoms with E-state index in [1.807, 2.05) is 43.3 Å². The van der Waals surface area contributed by atoms with E-state index in [-0.39, 0.29) is 17.7 Å². The molecule has 0 spiro atoms. The summed E-state index contributed by atoms with van der Waals surface area (Å²) >= 11 is 1.40. The van der Waals surface area contributed by atoms with Gasteiger partial charge in [-0.15, -0.1) is 10.2 Å². The Morgan fingerprint density at radius 2 is 1.59 bits per heavy atom. The quantitative estimate of drug-likeness (QED) is 0.306. The summed E-state index contributed by atoms with van der Waals surface area (Å²) in [5.74, 6) is 1.32. The lowest BCUT2D eigenvalue weighted by molar-refractivity contribution is -0.119. The van der Waals surface area contributed by atoms with Crippen LogP contribution in [0.2, 0.25) is 0 Å². The maximum absolute atomic E-state index is 12.7. The lowest BCUT2D eigenvalue weighted by Gasteiger charge is -2.17. The molecule has 4 aromatic rings. The fourth-order valence-corrected chi connectivity index (χ4v) is 4.64. The van der Waals surface area contributed by atoms with Crippen molar-refractivity contribution in [3.63, 3.8) is 0 Å². The molecule has 0 aliphatic carbocycles. The van der Waals surface area contributed by atoms with Crippen molar-refractivity contribution in [3.8, 4) is 17.1 Å². The first-order valence-corrected chi connectivity index (χ1v) is 12.5. The van der Waals surface area contributed by atoms with E-state index in [2.05, 4.69) is 83.3 Å². The van der Waals surface area contributed by atoms with Crippen LogP contribution in [0.4, 0.5) is 0 Å². The van der Waals surface area contributed by atoms with Gasteiger partial charge in [0.05, 0.1) is 17.5 Å². The molecule has 1 atom stereocenters.